The fourth-order valence-corrected chi connectivity index (χ4v) is 6.14. The van der Waals surface area contributed by atoms with Gasteiger partial charge < -0.3 is 15.7 Å². The molecule has 0 aliphatic carbocycles. The summed E-state index contributed by atoms with van der Waals surface area (Å²) in [4.78, 5) is 4.24. The van der Waals surface area contributed by atoms with Gasteiger partial charge in [0, 0.05) is 41.7 Å². The van der Waals surface area contributed by atoms with Gasteiger partial charge in [0.1, 0.15) is 11.6 Å². The van der Waals surface area contributed by atoms with Gasteiger partial charge in [-0.1, -0.05) is 25.1 Å². The van der Waals surface area contributed by atoms with Crippen LogP contribution in [-0.2, 0) is 18.6 Å². The molecule has 0 saturated heterocycles. The lowest BCUT2D eigenvalue weighted by Gasteiger charge is -2.30. The van der Waals surface area contributed by atoms with Gasteiger partial charge in [-0.05, 0) is 63.2 Å². The Kier molecular flexibility index (Phi) is 8.34. The van der Waals surface area contributed by atoms with Gasteiger partial charge in [0.15, 0.2) is 0 Å². The quantitative estimate of drug-likeness (QED) is 0.341. The fourth-order valence-electron chi connectivity index (χ4n) is 3.96. The second kappa shape index (κ2) is 11.2. The molecule has 1 aromatic heterocycles. The molecule has 5 nitrogen and oxygen atoms in total. The minimum absolute atomic E-state index is 0.128. The van der Waals surface area contributed by atoms with Crippen molar-refractivity contribution in [1.82, 2.24) is 14.7 Å². The molecule has 3 unspecified atom stereocenters. The van der Waals surface area contributed by atoms with Crippen LogP contribution in [0.25, 0.3) is 0 Å². The van der Waals surface area contributed by atoms with E-state index in [4.69, 9.17) is 0 Å². The Bertz CT molecular complexity index is 1080. The zero-order valence-electron chi connectivity index (χ0n) is 18.0. The Hall–Kier alpha value is -1.59. The van der Waals surface area contributed by atoms with Crippen LogP contribution in [0.2, 0.25) is 0 Å². The molecular weight excluding hydrogens is 530 g/mol. The minimum atomic E-state index is -0.830. The largest absolute Gasteiger partial charge is 0.390 e. The molecule has 10 heteroatoms. The maximum atomic E-state index is 13.7. The van der Waals surface area contributed by atoms with Crippen molar-refractivity contribution < 1.29 is 13.9 Å². The van der Waals surface area contributed by atoms with Crippen LogP contribution in [-0.4, -0.2) is 38.9 Å². The van der Waals surface area contributed by atoms with Crippen LogP contribution in [0.1, 0.15) is 35.2 Å². The van der Waals surface area contributed by atoms with Gasteiger partial charge in [-0.3, -0.25) is 0 Å². The SMILES string of the molecule is CCc1ccc2c(c1)C(NCC(O)C(Cc1cc(F)cc(F)c1)Nc1nc(Br)ns1)CSC2. The molecule has 2 aromatic carbocycles. The zero-order chi connectivity index (χ0) is 23.4. The first-order valence-electron chi connectivity index (χ1n) is 10.7. The number of rotatable bonds is 9. The van der Waals surface area contributed by atoms with Crippen LogP contribution in [0.15, 0.2) is 41.1 Å². The number of hydrogen-bond donors (Lipinski definition) is 3. The number of aryl methyl sites for hydroxylation is 1. The number of hydrogen-bond acceptors (Lipinski definition) is 7. The molecule has 33 heavy (non-hydrogen) atoms. The molecule has 0 bridgehead atoms. The molecule has 0 radical (unpaired) electrons. The third-order valence-corrected chi connectivity index (χ3v) is 7.98. The summed E-state index contributed by atoms with van der Waals surface area (Å²) in [5.74, 6) is 0.625. The lowest BCUT2D eigenvalue weighted by Crippen LogP contribution is -2.44. The molecular formula is C23H25BrF2N4OS2. The molecule has 3 N–H and O–H groups in total. The highest BCUT2D eigenvalue weighted by molar-refractivity contribution is 9.10. The van der Waals surface area contributed by atoms with Gasteiger partial charge in [-0.2, -0.15) is 21.1 Å². The summed E-state index contributed by atoms with van der Waals surface area (Å²) in [6, 6.07) is 9.65. The number of nitrogens with zero attached hydrogens (tertiary/aromatic N) is 2. The van der Waals surface area contributed by atoms with Crippen LogP contribution in [0, 0.1) is 11.6 Å². The summed E-state index contributed by atoms with van der Waals surface area (Å²) in [5.41, 5.74) is 4.35. The lowest BCUT2D eigenvalue weighted by molar-refractivity contribution is 0.146. The Morgan fingerprint density at radius 2 is 1.97 bits per heavy atom. The van der Waals surface area contributed by atoms with Gasteiger partial charge in [-0.25, -0.2) is 8.78 Å². The predicted octanol–water partition coefficient (Wildman–Crippen LogP) is 5.10. The van der Waals surface area contributed by atoms with Gasteiger partial charge in [0.2, 0.25) is 9.87 Å². The van der Waals surface area contributed by atoms with Gasteiger partial charge in [-0.15, -0.1) is 0 Å². The van der Waals surface area contributed by atoms with Crippen molar-refractivity contribution in [2.24, 2.45) is 0 Å². The van der Waals surface area contributed by atoms with E-state index in [0.717, 1.165) is 35.5 Å². The summed E-state index contributed by atoms with van der Waals surface area (Å²) >= 11 is 6.24. The smallest absolute Gasteiger partial charge is 0.210 e. The molecule has 1 aliphatic rings. The van der Waals surface area contributed by atoms with E-state index in [2.05, 4.69) is 61.0 Å². The van der Waals surface area contributed by atoms with Gasteiger partial charge >= 0.3 is 0 Å². The summed E-state index contributed by atoms with van der Waals surface area (Å²) < 4.78 is 32.0. The highest BCUT2D eigenvalue weighted by Crippen LogP contribution is 2.32. The van der Waals surface area contributed by atoms with E-state index < -0.39 is 23.8 Å². The van der Waals surface area contributed by atoms with Crippen LogP contribution in [0.4, 0.5) is 13.9 Å². The summed E-state index contributed by atoms with van der Waals surface area (Å²) in [7, 11) is 0. The van der Waals surface area contributed by atoms with E-state index in [9.17, 15) is 13.9 Å². The van der Waals surface area contributed by atoms with E-state index in [1.54, 1.807) is 0 Å². The van der Waals surface area contributed by atoms with E-state index in [-0.39, 0.29) is 12.5 Å². The maximum absolute atomic E-state index is 13.7. The van der Waals surface area contributed by atoms with Crippen molar-refractivity contribution in [2.75, 3.05) is 17.6 Å². The number of anilines is 1. The van der Waals surface area contributed by atoms with Crippen molar-refractivity contribution in [3.05, 3.63) is 75.0 Å². The molecule has 0 amide bonds. The van der Waals surface area contributed by atoms with E-state index in [0.29, 0.717) is 22.0 Å². The number of nitrogens with one attached hydrogen (secondary N) is 2. The summed E-state index contributed by atoms with van der Waals surface area (Å²) in [6.45, 7) is 2.46. The molecule has 3 atom stereocenters. The van der Waals surface area contributed by atoms with Crippen molar-refractivity contribution in [2.45, 2.75) is 43.7 Å². The maximum Gasteiger partial charge on any atom is 0.210 e. The Morgan fingerprint density at radius 3 is 2.67 bits per heavy atom. The normalized spacial score (nSPS) is 17.4. The van der Waals surface area contributed by atoms with Crippen molar-refractivity contribution in [3.63, 3.8) is 0 Å². The molecule has 1 aliphatic heterocycles. The Balaban J connectivity index is 1.49. The van der Waals surface area contributed by atoms with Gasteiger partial charge in [0.05, 0.1) is 12.1 Å². The second-order valence-corrected chi connectivity index (χ2v) is 10.5. The van der Waals surface area contributed by atoms with E-state index in [1.165, 1.54) is 28.8 Å². The van der Waals surface area contributed by atoms with Crippen LogP contribution >= 0.6 is 39.2 Å². The fraction of sp³-hybridized carbons (Fsp3) is 0.391. The highest BCUT2D eigenvalue weighted by atomic mass is 79.9. The predicted molar refractivity (Wildman–Crippen MR) is 134 cm³/mol. The third kappa shape index (κ3) is 6.51. The minimum Gasteiger partial charge on any atom is -0.390 e. The average Bonchev–Trinajstić information content (AvgIpc) is 3.20. The lowest BCUT2D eigenvalue weighted by atomic mass is 9.97. The Labute approximate surface area is 208 Å². The molecule has 4 rings (SSSR count). The van der Waals surface area contributed by atoms with Crippen LogP contribution in [0.5, 0.6) is 0 Å². The van der Waals surface area contributed by atoms with Gasteiger partial charge in [0.25, 0.3) is 0 Å². The number of thioether (sulfide) groups is 1. The Morgan fingerprint density at radius 1 is 1.18 bits per heavy atom. The number of aromatic nitrogens is 2. The molecule has 0 fully saturated rings. The van der Waals surface area contributed by atoms with Crippen molar-refractivity contribution in [1.29, 1.82) is 0 Å². The second-order valence-electron chi connectivity index (χ2n) is 8.03. The topological polar surface area (TPSA) is 70.1 Å². The molecule has 2 heterocycles. The first kappa shape index (κ1) is 24.5. The zero-order valence-corrected chi connectivity index (χ0v) is 21.2. The molecule has 0 spiro atoms. The number of aliphatic hydroxyl groups is 1. The van der Waals surface area contributed by atoms with Crippen LogP contribution in [0.3, 0.4) is 0 Å². The van der Waals surface area contributed by atoms with Crippen molar-refractivity contribution in [3.8, 4) is 0 Å². The number of benzene rings is 2. The van der Waals surface area contributed by atoms with Crippen molar-refractivity contribution >= 4 is 44.4 Å². The van der Waals surface area contributed by atoms with Crippen LogP contribution < -0.4 is 10.6 Å². The average molecular weight is 556 g/mol. The number of halogens is 3. The molecule has 3 aromatic rings. The molecule has 0 saturated carbocycles. The standard InChI is InChI=1S/C23H25BrF2N4OS2/c1-2-13-3-4-15-11-32-12-20(18(15)7-13)27-10-21(31)19(28-23-29-22(24)30-33-23)8-14-5-16(25)9-17(26)6-14/h3-7,9,19-21,27,31H,2,8,10-12H2,1H3,(H,28,29,30). The summed E-state index contributed by atoms with van der Waals surface area (Å²) in [5, 5.41) is 18.3. The first-order valence-corrected chi connectivity index (χ1v) is 13.4. The first-order chi connectivity index (χ1) is 15.9. The number of aliphatic hydroxyl groups excluding tert-OH is 1. The molecule has 176 valence electrons. The van der Waals surface area contributed by atoms with E-state index >= 15 is 0 Å². The highest BCUT2D eigenvalue weighted by Gasteiger charge is 2.25. The number of fused-ring (bicyclic) bond motifs is 1. The third-order valence-electron chi connectivity index (χ3n) is 5.66. The summed E-state index contributed by atoms with van der Waals surface area (Å²) in [6.07, 6.45) is 0.373. The van der Waals surface area contributed by atoms with E-state index in [1.807, 2.05) is 11.8 Å². The monoisotopic (exact) mass is 554 g/mol.